The van der Waals surface area contributed by atoms with Crippen LogP contribution in [-0.4, -0.2) is 35.9 Å². The van der Waals surface area contributed by atoms with Crippen molar-refractivity contribution < 1.29 is 14.3 Å². The number of carbonyl (C=O) groups excluding carboxylic acids is 2. The Kier molecular flexibility index (Phi) is 6.02. The minimum absolute atomic E-state index is 0.0948. The molecule has 0 spiro atoms. The molecular formula is C18H26N2O3. The number of nitrogens with two attached hydrogens (primary N) is 1. The molecule has 23 heavy (non-hydrogen) atoms. The van der Waals surface area contributed by atoms with Crippen LogP contribution in [0.4, 0.5) is 0 Å². The van der Waals surface area contributed by atoms with Gasteiger partial charge >= 0.3 is 0 Å². The van der Waals surface area contributed by atoms with Crippen molar-refractivity contribution in [1.82, 2.24) is 4.90 Å². The summed E-state index contributed by atoms with van der Waals surface area (Å²) >= 11 is 0. The minimum Gasteiger partial charge on any atom is -0.494 e. The maximum atomic E-state index is 12.5. The van der Waals surface area contributed by atoms with E-state index in [0.717, 1.165) is 24.2 Å². The molecule has 0 saturated carbocycles. The van der Waals surface area contributed by atoms with Crippen LogP contribution in [0.1, 0.15) is 38.7 Å². The molecule has 2 amide bonds. The Labute approximate surface area is 137 Å². The van der Waals surface area contributed by atoms with Gasteiger partial charge in [0.15, 0.2) is 0 Å². The van der Waals surface area contributed by atoms with Crippen LogP contribution in [0, 0.1) is 5.92 Å². The molecule has 1 aliphatic heterocycles. The molecule has 2 atom stereocenters. The smallest absolute Gasteiger partial charge is 0.223 e. The molecule has 0 radical (unpaired) electrons. The molecule has 2 rings (SSSR count). The summed E-state index contributed by atoms with van der Waals surface area (Å²) in [6.45, 7) is 5.09. The van der Waals surface area contributed by atoms with Gasteiger partial charge in [-0.15, -0.1) is 0 Å². The lowest BCUT2D eigenvalue weighted by atomic mass is 9.92. The average molecular weight is 318 g/mol. The molecule has 0 aliphatic carbocycles. The van der Waals surface area contributed by atoms with Gasteiger partial charge in [0.05, 0.1) is 12.5 Å². The monoisotopic (exact) mass is 318 g/mol. The molecule has 1 fully saturated rings. The first-order valence-electron chi connectivity index (χ1n) is 8.31. The Balaban J connectivity index is 1.89. The molecule has 1 aliphatic rings. The minimum atomic E-state index is -0.304. The first kappa shape index (κ1) is 17.3. The van der Waals surface area contributed by atoms with Crippen LogP contribution >= 0.6 is 0 Å². The predicted octanol–water partition coefficient (Wildman–Crippen LogP) is 2.13. The van der Waals surface area contributed by atoms with Crippen LogP contribution in [0.5, 0.6) is 5.75 Å². The molecule has 0 bridgehead atoms. The summed E-state index contributed by atoms with van der Waals surface area (Å²) in [5, 5.41) is 0. The molecule has 1 heterocycles. The van der Waals surface area contributed by atoms with Crippen molar-refractivity contribution in [2.24, 2.45) is 11.7 Å². The summed E-state index contributed by atoms with van der Waals surface area (Å²) in [6.07, 6.45) is 2.75. The maximum Gasteiger partial charge on any atom is 0.223 e. The fraction of sp³-hybridized carbons (Fsp3) is 0.556. The molecule has 5 heteroatoms. The Bertz CT molecular complexity index is 542. The van der Waals surface area contributed by atoms with Gasteiger partial charge in [-0.3, -0.25) is 9.59 Å². The summed E-state index contributed by atoms with van der Waals surface area (Å²) in [5.74, 6) is 0.427. The van der Waals surface area contributed by atoms with E-state index in [1.54, 1.807) is 0 Å². The molecule has 5 nitrogen and oxygen atoms in total. The van der Waals surface area contributed by atoms with Crippen molar-refractivity contribution in [1.29, 1.82) is 0 Å². The summed E-state index contributed by atoms with van der Waals surface area (Å²) in [4.78, 5) is 25.6. The van der Waals surface area contributed by atoms with Crippen molar-refractivity contribution in [2.45, 2.75) is 45.6 Å². The second kappa shape index (κ2) is 7.99. The van der Waals surface area contributed by atoms with Gasteiger partial charge in [0.2, 0.25) is 11.8 Å². The lowest BCUT2D eigenvalue weighted by Crippen LogP contribution is -2.48. The van der Waals surface area contributed by atoms with Crippen LogP contribution in [-0.2, 0) is 16.0 Å². The van der Waals surface area contributed by atoms with E-state index >= 15 is 0 Å². The van der Waals surface area contributed by atoms with Crippen molar-refractivity contribution in [3.8, 4) is 5.75 Å². The number of primary amides is 1. The second-order valence-corrected chi connectivity index (χ2v) is 6.15. The van der Waals surface area contributed by atoms with Gasteiger partial charge in [0, 0.05) is 19.0 Å². The Hall–Kier alpha value is -2.04. The highest BCUT2D eigenvalue weighted by Gasteiger charge is 2.31. The van der Waals surface area contributed by atoms with Gasteiger partial charge in [-0.05, 0) is 50.8 Å². The van der Waals surface area contributed by atoms with Crippen LogP contribution in [0.25, 0.3) is 0 Å². The van der Waals surface area contributed by atoms with Crippen LogP contribution < -0.4 is 10.5 Å². The number of likely N-dealkylation sites (tertiary alicyclic amines) is 1. The van der Waals surface area contributed by atoms with Crippen molar-refractivity contribution in [3.05, 3.63) is 29.8 Å². The van der Waals surface area contributed by atoms with Crippen LogP contribution in [0.15, 0.2) is 24.3 Å². The van der Waals surface area contributed by atoms with Gasteiger partial charge < -0.3 is 15.4 Å². The Morgan fingerprint density at radius 2 is 1.96 bits per heavy atom. The number of aryl methyl sites for hydroxylation is 1. The predicted molar refractivity (Wildman–Crippen MR) is 89.0 cm³/mol. The topological polar surface area (TPSA) is 72.6 Å². The average Bonchev–Trinajstić information content (AvgIpc) is 2.54. The zero-order chi connectivity index (χ0) is 16.8. The highest BCUT2D eigenvalue weighted by atomic mass is 16.5. The number of amides is 2. The summed E-state index contributed by atoms with van der Waals surface area (Å²) < 4.78 is 5.41. The number of benzene rings is 1. The number of carbonyl (C=O) groups is 2. The van der Waals surface area contributed by atoms with E-state index in [0.29, 0.717) is 26.0 Å². The molecule has 2 N–H and O–H groups in total. The van der Waals surface area contributed by atoms with Gasteiger partial charge in [-0.25, -0.2) is 0 Å². The third-order valence-corrected chi connectivity index (χ3v) is 4.47. The van der Waals surface area contributed by atoms with E-state index in [1.165, 1.54) is 0 Å². The highest BCUT2D eigenvalue weighted by Crippen LogP contribution is 2.23. The van der Waals surface area contributed by atoms with Gasteiger partial charge in [0.1, 0.15) is 5.75 Å². The van der Waals surface area contributed by atoms with Gasteiger partial charge in [-0.1, -0.05) is 12.1 Å². The second-order valence-electron chi connectivity index (χ2n) is 6.15. The van der Waals surface area contributed by atoms with Crippen molar-refractivity contribution in [3.63, 3.8) is 0 Å². The van der Waals surface area contributed by atoms with Gasteiger partial charge in [0.25, 0.3) is 0 Å². The van der Waals surface area contributed by atoms with E-state index in [1.807, 2.05) is 43.0 Å². The number of hydrogen-bond donors (Lipinski definition) is 1. The van der Waals surface area contributed by atoms with Crippen molar-refractivity contribution >= 4 is 11.8 Å². The molecule has 0 aromatic heterocycles. The normalized spacial score (nSPS) is 21.0. The standard InChI is InChI=1S/C18H26N2O3/c1-3-23-16-9-5-14(6-10-16)7-11-17(21)20-12-15(18(19)22)8-4-13(20)2/h5-6,9-10,13,15H,3-4,7-8,11-12H2,1-2H3,(H2,19,22)/t13-,15-/m0/s1. The maximum absolute atomic E-state index is 12.5. The lowest BCUT2D eigenvalue weighted by Gasteiger charge is -2.37. The van der Waals surface area contributed by atoms with Crippen LogP contribution in [0.2, 0.25) is 0 Å². The molecule has 0 unspecified atom stereocenters. The third kappa shape index (κ3) is 4.71. The van der Waals surface area contributed by atoms with Crippen molar-refractivity contribution in [2.75, 3.05) is 13.2 Å². The summed E-state index contributed by atoms with van der Waals surface area (Å²) in [7, 11) is 0. The van der Waals surface area contributed by atoms with E-state index in [9.17, 15) is 9.59 Å². The Morgan fingerprint density at radius 1 is 1.26 bits per heavy atom. The SMILES string of the molecule is CCOc1ccc(CCC(=O)N2C[C@@H](C(N)=O)CC[C@@H]2C)cc1. The van der Waals surface area contributed by atoms with Gasteiger partial charge in [-0.2, -0.15) is 0 Å². The van der Waals surface area contributed by atoms with E-state index in [4.69, 9.17) is 10.5 Å². The highest BCUT2D eigenvalue weighted by molar-refractivity contribution is 5.80. The fourth-order valence-electron chi connectivity index (χ4n) is 3.00. The molecule has 1 aromatic carbocycles. The zero-order valence-electron chi connectivity index (χ0n) is 14.0. The van der Waals surface area contributed by atoms with E-state index in [-0.39, 0.29) is 23.8 Å². The summed E-state index contributed by atoms with van der Waals surface area (Å²) in [5.41, 5.74) is 6.50. The first-order valence-corrected chi connectivity index (χ1v) is 8.31. The molecule has 1 saturated heterocycles. The van der Waals surface area contributed by atoms with E-state index < -0.39 is 0 Å². The fourth-order valence-corrected chi connectivity index (χ4v) is 3.00. The molecular weight excluding hydrogens is 292 g/mol. The largest absolute Gasteiger partial charge is 0.494 e. The number of hydrogen-bond acceptors (Lipinski definition) is 3. The van der Waals surface area contributed by atoms with Crippen LogP contribution in [0.3, 0.4) is 0 Å². The molecule has 1 aromatic rings. The third-order valence-electron chi connectivity index (χ3n) is 4.47. The zero-order valence-corrected chi connectivity index (χ0v) is 14.0. The lowest BCUT2D eigenvalue weighted by molar-refractivity contribution is -0.137. The quantitative estimate of drug-likeness (QED) is 0.873. The Morgan fingerprint density at radius 3 is 2.57 bits per heavy atom. The summed E-state index contributed by atoms with van der Waals surface area (Å²) in [6, 6.07) is 8.01. The first-order chi connectivity index (χ1) is 11.0. The van der Waals surface area contributed by atoms with E-state index in [2.05, 4.69) is 0 Å². The number of nitrogens with zero attached hydrogens (tertiary/aromatic N) is 1. The molecule has 126 valence electrons. The number of ether oxygens (including phenoxy) is 1. The number of piperidine rings is 1. The number of rotatable bonds is 6.